The molecule has 1 aliphatic rings. The van der Waals surface area contributed by atoms with Crippen LogP contribution in [0.25, 0.3) is 10.9 Å². The Morgan fingerprint density at radius 2 is 1.86 bits per heavy atom. The van der Waals surface area contributed by atoms with Gasteiger partial charge in [0, 0.05) is 36.2 Å². The zero-order chi connectivity index (χ0) is 20.3. The number of nitrogens with one attached hydrogen (secondary N) is 1. The van der Waals surface area contributed by atoms with Crippen molar-refractivity contribution in [2.45, 2.75) is 32.7 Å². The van der Waals surface area contributed by atoms with Crippen molar-refractivity contribution < 1.29 is 19.5 Å². The van der Waals surface area contributed by atoms with E-state index in [0.29, 0.717) is 44.6 Å². The summed E-state index contributed by atoms with van der Waals surface area (Å²) in [5, 5.41) is 12.5. The van der Waals surface area contributed by atoms with Gasteiger partial charge in [0.05, 0.1) is 11.5 Å². The van der Waals surface area contributed by atoms with Gasteiger partial charge in [-0.05, 0) is 45.8 Å². The molecule has 7 nitrogen and oxygen atoms in total. The second-order valence-corrected chi connectivity index (χ2v) is 7.60. The van der Waals surface area contributed by atoms with Crippen LogP contribution in [0.3, 0.4) is 0 Å². The van der Waals surface area contributed by atoms with Crippen molar-refractivity contribution in [1.82, 2.24) is 14.8 Å². The lowest BCUT2D eigenvalue weighted by Gasteiger charge is -2.29. The summed E-state index contributed by atoms with van der Waals surface area (Å²) in [7, 11) is 0. The Labute approximate surface area is 164 Å². The summed E-state index contributed by atoms with van der Waals surface area (Å²) < 4.78 is 2.00. The number of Topliss-reactive ketones (excluding diaryl/α,β-unsaturated/α-hetero) is 1. The maximum absolute atomic E-state index is 12.7. The minimum absolute atomic E-state index is 0.184. The van der Waals surface area contributed by atoms with Gasteiger partial charge >= 0.3 is 5.97 Å². The molecule has 1 aromatic heterocycles. The summed E-state index contributed by atoms with van der Waals surface area (Å²) in [5.41, 5.74) is 1.36. The number of aromatic nitrogens is 1. The highest BCUT2D eigenvalue weighted by molar-refractivity contribution is 6.45. The molecule has 0 aliphatic carbocycles. The summed E-state index contributed by atoms with van der Waals surface area (Å²) in [6.45, 7) is 6.44. The number of amides is 1. The fraction of sp³-hybridized carbons (Fsp3) is 0.476. The van der Waals surface area contributed by atoms with E-state index in [1.54, 1.807) is 6.20 Å². The minimum Gasteiger partial charge on any atom is -0.481 e. The normalized spacial score (nSPS) is 15.8. The van der Waals surface area contributed by atoms with Crippen LogP contribution in [0.1, 0.15) is 43.1 Å². The van der Waals surface area contributed by atoms with Crippen LogP contribution in [0.2, 0.25) is 0 Å². The van der Waals surface area contributed by atoms with Crippen LogP contribution in [-0.2, 0) is 9.59 Å². The average molecular weight is 385 g/mol. The molecule has 1 fully saturated rings. The number of carboxylic acids is 1. The smallest absolute Gasteiger partial charge is 0.306 e. The molecule has 0 radical (unpaired) electrons. The molecule has 3 rings (SSSR count). The van der Waals surface area contributed by atoms with Crippen LogP contribution in [0.5, 0.6) is 0 Å². The topological polar surface area (TPSA) is 91.6 Å². The highest BCUT2D eigenvalue weighted by Crippen LogP contribution is 2.25. The third kappa shape index (κ3) is 4.25. The average Bonchev–Trinajstić information content (AvgIpc) is 3.07. The number of rotatable bonds is 7. The number of fused-ring (bicyclic) bond motifs is 1. The van der Waals surface area contributed by atoms with Crippen LogP contribution in [0, 0.1) is 5.92 Å². The molecule has 1 amide bonds. The van der Waals surface area contributed by atoms with Gasteiger partial charge in [0.1, 0.15) is 0 Å². The molecule has 2 N–H and O–H groups in total. The van der Waals surface area contributed by atoms with E-state index in [1.165, 1.54) is 0 Å². The summed E-state index contributed by atoms with van der Waals surface area (Å²) >= 11 is 0. The lowest BCUT2D eigenvalue weighted by molar-refractivity contribution is -0.143. The van der Waals surface area contributed by atoms with E-state index in [4.69, 9.17) is 5.11 Å². The van der Waals surface area contributed by atoms with Crippen molar-refractivity contribution in [2.75, 3.05) is 26.2 Å². The number of hydrogen-bond donors (Lipinski definition) is 2. The Kier molecular flexibility index (Phi) is 6.14. The fourth-order valence-electron chi connectivity index (χ4n) is 3.75. The molecular formula is C21H27N3O4. The molecule has 1 saturated heterocycles. The Hall–Kier alpha value is -2.67. The van der Waals surface area contributed by atoms with E-state index in [-0.39, 0.29) is 12.0 Å². The Morgan fingerprint density at radius 3 is 2.50 bits per heavy atom. The molecule has 0 bridgehead atoms. The molecule has 2 aromatic rings. The monoisotopic (exact) mass is 385 g/mol. The van der Waals surface area contributed by atoms with E-state index in [2.05, 4.69) is 10.2 Å². The van der Waals surface area contributed by atoms with Crippen LogP contribution in [0.15, 0.2) is 30.5 Å². The molecule has 1 aromatic carbocycles. The van der Waals surface area contributed by atoms with Crippen LogP contribution in [0.4, 0.5) is 0 Å². The van der Waals surface area contributed by atoms with E-state index in [0.717, 1.165) is 10.9 Å². The largest absolute Gasteiger partial charge is 0.481 e. The highest BCUT2D eigenvalue weighted by atomic mass is 16.4. The number of carbonyl (C=O) groups excluding carboxylic acids is 2. The standard InChI is InChI=1S/C21H27N3O4/c1-14(2)24-13-17(16-5-3-4-6-18(16)24)19(25)20(26)22-9-12-23-10-7-15(8-11-23)21(27)28/h3-6,13-15H,7-12H2,1-2H3,(H,22,26)(H,27,28). The molecule has 2 heterocycles. The Balaban J connectivity index is 1.58. The SMILES string of the molecule is CC(C)n1cc(C(=O)C(=O)NCCN2CCC(C(=O)O)CC2)c2ccccc21. The number of nitrogens with zero attached hydrogens (tertiary/aromatic N) is 2. The van der Waals surface area contributed by atoms with Crippen molar-refractivity contribution in [1.29, 1.82) is 0 Å². The minimum atomic E-state index is -0.737. The van der Waals surface area contributed by atoms with Crippen molar-refractivity contribution >= 4 is 28.6 Å². The van der Waals surface area contributed by atoms with E-state index in [1.807, 2.05) is 42.7 Å². The van der Waals surface area contributed by atoms with Gasteiger partial charge in [0.2, 0.25) is 0 Å². The first-order valence-electron chi connectivity index (χ1n) is 9.75. The number of ketones is 1. The molecule has 7 heteroatoms. The van der Waals surface area contributed by atoms with Gasteiger partial charge in [0.25, 0.3) is 11.7 Å². The summed E-state index contributed by atoms with van der Waals surface area (Å²) in [4.78, 5) is 38.2. The lowest BCUT2D eigenvalue weighted by Crippen LogP contribution is -2.42. The Bertz CT molecular complexity index is 879. The molecule has 0 unspecified atom stereocenters. The number of likely N-dealkylation sites (tertiary alicyclic amines) is 1. The van der Waals surface area contributed by atoms with Crippen LogP contribution in [-0.4, -0.2) is 58.4 Å². The lowest BCUT2D eigenvalue weighted by atomic mass is 9.97. The van der Waals surface area contributed by atoms with E-state index < -0.39 is 17.7 Å². The number of hydrogen-bond acceptors (Lipinski definition) is 4. The van der Waals surface area contributed by atoms with Gasteiger partial charge in [0.15, 0.2) is 0 Å². The molecular weight excluding hydrogens is 358 g/mol. The molecule has 0 atom stereocenters. The van der Waals surface area contributed by atoms with Gasteiger partial charge in [-0.1, -0.05) is 18.2 Å². The number of piperidine rings is 1. The van der Waals surface area contributed by atoms with E-state index in [9.17, 15) is 14.4 Å². The van der Waals surface area contributed by atoms with E-state index >= 15 is 0 Å². The third-order valence-corrected chi connectivity index (χ3v) is 5.40. The second-order valence-electron chi connectivity index (χ2n) is 7.60. The maximum Gasteiger partial charge on any atom is 0.306 e. The van der Waals surface area contributed by atoms with Crippen molar-refractivity contribution in [3.05, 3.63) is 36.0 Å². The first-order valence-corrected chi connectivity index (χ1v) is 9.75. The Morgan fingerprint density at radius 1 is 1.18 bits per heavy atom. The van der Waals surface area contributed by atoms with Crippen molar-refractivity contribution in [3.63, 3.8) is 0 Å². The number of benzene rings is 1. The van der Waals surface area contributed by atoms with Crippen molar-refractivity contribution in [3.8, 4) is 0 Å². The fourth-order valence-corrected chi connectivity index (χ4v) is 3.75. The third-order valence-electron chi connectivity index (χ3n) is 5.40. The molecule has 1 aliphatic heterocycles. The number of carbonyl (C=O) groups is 3. The van der Waals surface area contributed by atoms with Crippen LogP contribution < -0.4 is 5.32 Å². The van der Waals surface area contributed by atoms with Gasteiger partial charge in [-0.25, -0.2) is 0 Å². The first-order chi connectivity index (χ1) is 13.4. The predicted molar refractivity (Wildman–Crippen MR) is 106 cm³/mol. The van der Waals surface area contributed by atoms with Gasteiger partial charge < -0.3 is 19.9 Å². The predicted octanol–water partition coefficient (Wildman–Crippen LogP) is 2.32. The van der Waals surface area contributed by atoms with Gasteiger partial charge in [-0.2, -0.15) is 0 Å². The molecule has 0 saturated carbocycles. The van der Waals surface area contributed by atoms with Gasteiger partial charge in [-0.15, -0.1) is 0 Å². The summed E-state index contributed by atoms with van der Waals surface area (Å²) in [6, 6.07) is 7.78. The molecule has 28 heavy (non-hydrogen) atoms. The van der Waals surface area contributed by atoms with Crippen molar-refractivity contribution in [2.24, 2.45) is 5.92 Å². The number of para-hydroxylation sites is 1. The number of carboxylic acid groups (broad SMARTS) is 1. The van der Waals surface area contributed by atoms with Crippen LogP contribution >= 0.6 is 0 Å². The number of aliphatic carboxylic acids is 1. The quantitative estimate of drug-likeness (QED) is 0.564. The zero-order valence-electron chi connectivity index (χ0n) is 16.4. The first kappa shape index (κ1) is 20.1. The maximum atomic E-state index is 12.7. The van der Waals surface area contributed by atoms with Gasteiger partial charge in [-0.3, -0.25) is 14.4 Å². The summed E-state index contributed by atoms with van der Waals surface area (Å²) in [5.74, 6) is -2.14. The molecule has 0 spiro atoms. The molecule has 150 valence electrons. The zero-order valence-corrected chi connectivity index (χ0v) is 16.4. The second kappa shape index (κ2) is 8.56. The summed E-state index contributed by atoms with van der Waals surface area (Å²) in [6.07, 6.45) is 3.00. The highest BCUT2D eigenvalue weighted by Gasteiger charge is 2.25.